The Balaban J connectivity index is 2.22. The topological polar surface area (TPSA) is 75.1 Å². The van der Waals surface area contributed by atoms with Gasteiger partial charge in [-0.15, -0.1) is 0 Å². The Kier molecular flexibility index (Phi) is 3.59. The van der Waals surface area contributed by atoms with Gasteiger partial charge in [-0.1, -0.05) is 19.8 Å². The van der Waals surface area contributed by atoms with E-state index in [0.717, 1.165) is 18.8 Å². The van der Waals surface area contributed by atoms with Gasteiger partial charge in [-0.3, -0.25) is 14.3 Å². The summed E-state index contributed by atoms with van der Waals surface area (Å²) in [5.41, 5.74) is -0.813. The fraction of sp³-hybridized carbons (Fsp3) is 0.692. The van der Waals surface area contributed by atoms with Crippen molar-refractivity contribution < 1.29 is 5.11 Å². The van der Waals surface area contributed by atoms with Crippen LogP contribution in [0.4, 0.5) is 0 Å². The first kappa shape index (κ1) is 12.9. The number of rotatable bonds is 2. The second-order valence-electron chi connectivity index (χ2n) is 5.44. The van der Waals surface area contributed by atoms with E-state index in [1.807, 2.05) is 0 Å². The molecular formula is C13H20N2O3. The molecule has 0 unspecified atom stereocenters. The lowest BCUT2D eigenvalue weighted by Crippen LogP contribution is -2.33. The van der Waals surface area contributed by atoms with Crippen LogP contribution in [0.1, 0.15) is 38.2 Å². The quantitative estimate of drug-likeness (QED) is 0.835. The Morgan fingerprint density at radius 1 is 1.28 bits per heavy atom. The van der Waals surface area contributed by atoms with Crippen LogP contribution in [0, 0.1) is 18.8 Å². The highest BCUT2D eigenvalue weighted by Gasteiger charge is 2.20. The average molecular weight is 252 g/mol. The van der Waals surface area contributed by atoms with E-state index in [0.29, 0.717) is 12.5 Å². The Labute approximate surface area is 105 Å². The van der Waals surface area contributed by atoms with Crippen molar-refractivity contribution in [2.45, 2.75) is 46.1 Å². The van der Waals surface area contributed by atoms with Gasteiger partial charge in [0.2, 0.25) is 5.88 Å². The molecule has 1 aromatic heterocycles. The maximum atomic E-state index is 11.7. The molecule has 1 saturated carbocycles. The van der Waals surface area contributed by atoms with Crippen LogP contribution in [0.25, 0.3) is 0 Å². The van der Waals surface area contributed by atoms with Crippen LogP contribution in [0.15, 0.2) is 9.59 Å². The van der Waals surface area contributed by atoms with Gasteiger partial charge in [0, 0.05) is 6.54 Å². The number of hydrogen-bond acceptors (Lipinski definition) is 3. The minimum Gasteiger partial charge on any atom is -0.494 e. The lowest BCUT2D eigenvalue weighted by Gasteiger charge is -2.26. The highest BCUT2D eigenvalue weighted by molar-refractivity contribution is 5.20. The van der Waals surface area contributed by atoms with Gasteiger partial charge >= 0.3 is 5.69 Å². The normalized spacial score (nSPS) is 24.1. The third kappa shape index (κ3) is 2.49. The minimum atomic E-state index is -0.512. The Morgan fingerprint density at radius 3 is 2.50 bits per heavy atom. The molecule has 0 aromatic carbocycles. The van der Waals surface area contributed by atoms with Crippen LogP contribution < -0.4 is 11.2 Å². The molecule has 1 fully saturated rings. The van der Waals surface area contributed by atoms with E-state index in [1.54, 1.807) is 0 Å². The number of nitrogens with zero attached hydrogens (tertiary/aromatic N) is 1. The molecule has 100 valence electrons. The molecule has 5 heteroatoms. The minimum absolute atomic E-state index is 0.192. The Hall–Kier alpha value is -1.52. The lowest BCUT2D eigenvalue weighted by molar-refractivity contribution is 0.251. The molecule has 0 radical (unpaired) electrons. The van der Waals surface area contributed by atoms with Gasteiger partial charge in [-0.05, 0) is 31.6 Å². The van der Waals surface area contributed by atoms with Gasteiger partial charge in [0.05, 0.1) is 5.56 Å². The van der Waals surface area contributed by atoms with E-state index >= 15 is 0 Å². The summed E-state index contributed by atoms with van der Waals surface area (Å²) in [5.74, 6) is 0.973. The monoisotopic (exact) mass is 252 g/mol. The van der Waals surface area contributed by atoms with Gasteiger partial charge < -0.3 is 5.11 Å². The van der Waals surface area contributed by atoms with Crippen LogP contribution in [0.2, 0.25) is 0 Å². The summed E-state index contributed by atoms with van der Waals surface area (Å²) in [6, 6.07) is 0. The van der Waals surface area contributed by atoms with E-state index in [2.05, 4.69) is 11.9 Å². The van der Waals surface area contributed by atoms with E-state index in [-0.39, 0.29) is 11.4 Å². The molecule has 0 saturated heterocycles. The molecule has 2 N–H and O–H groups in total. The summed E-state index contributed by atoms with van der Waals surface area (Å²) in [6.45, 7) is 4.26. The van der Waals surface area contributed by atoms with E-state index < -0.39 is 11.2 Å². The molecular weight excluding hydrogens is 232 g/mol. The molecule has 1 aromatic rings. The number of aromatic hydroxyl groups is 1. The van der Waals surface area contributed by atoms with Gasteiger partial charge in [-0.25, -0.2) is 4.79 Å². The molecule has 0 bridgehead atoms. The molecule has 2 rings (SSSR count). The van der Waals surface area contributed by atoms with Crippen LogP contribution in [0.3, 0.4) is 0 Å². The first-order valence-corrected chi connectivity index (χ1v) is 6.51. The summed E-state index contributed by atoms with van der Waals surface area (Å²) in [5, 5.41) is 9.88. The van der Waals surface area contributed by atoms with E-state index in [9.17, 15) is 14.7 Å². The second-order valence-corrected chi connectivity index (χ2v) is 5.44. The smallest absolute Gasteiger partial charge is 0.331 e. The molecule has 0 atom stereocenters. The summed E-state index contributed by atoms with van der Waals surface area (Å²) in [4.78, 5) is 25.3. The van der Waals surface area contributed by atoms with Crippen molar-refractivity contribution in [2.75, 3.05) is 0 Å². The number of nitrogens with one attached hydrogen (secondary N) is 1. The largest absolute Gasteiger partial charge is 0.494 e. The first-order chi connectivity index (χ1) is 8.49. The number of hydrogen-bond donors (Lipinski definition) is 2. The number of H-pyrrole nitrogens is 1. The number of aromatic nitrogens is 2. The average Bonchev–Trinajstić information content (AvgIpc) is 2.34. The van der Waals surface area contributed by atoms with Crippen molar-refractivity contribution in [2.24, 2.45) is 11.8 Å². The van der Waals surface area contributed by atoms with Crippen molar-refractivity contribution in [1.29, 1.82) is 0 Å². The molecule has 0 amide bonds. The predicted molar refractivity (Wildman–Crippen MR) is 68.8 cm³/mol. The van der Waals surface area contributed by atoms with Gasteiger partial charge in [0.25, 0.3) is 5.56 Å². The highest BCUT2D eigenvalue weighted by atomic mass is 16.3. The second kappa shape index (κ2) is 5.00. The SMILES string of the molecule is Cc1c(O)n(CC2CCC(C)CC2)c(=O)[nH]c1=O. The summed E-state index contributed by atoms with van der Waals surface area (Å²) >= 11 is 0. The fourth-order valence-corrected chi connectivity index (χ4v) is 2.60. The zero-order chi connectivity index (χ0) is 13.3. The predicted octanol–water partition coefficient (Wildman–Crippen LogP) is 1.38. The first-order valence-electron chi connectivity index (χ1n) is 6.51. The van der Waals surface area contributed by atoms with Gasteiger partial charge in [0.15, 0.2) is 0 Å². The van der Waals surface area contributed by atoms with Crippen molar-refractivity contribution in [3.05, 3.63) is 26.4 Å². The molecule has 1 heterocycles. The molecule has 1 aliphatic rings. The lowest BCUT2D eigenvalue weighted by atomic mass is 9.83. The molecule has 5 nitrogen and oxygen atoms in total. The van der Waals surface area contributed by atoms with E-state index in [4.69, 9.17) is 0 Å². The summed E-state index contributed by atoms with van der Waals surface area (Å²) in [6.07, 6.45) is 4.49. The summed E-state index contributed by atoms with van der Waals surface area (Å²) < 4.78 is 1.29. The Bertz CT molecular complexity index is 536. The van der Waals surface area contributed by atoms with E-state index in [1.165, 1.54) is 24.3 Å². The van der Waals surface area contributed by atoms with Gasteiger partial charge in [0.1, 0.15) is 0 Å². The molecule has 0 spiro atoms. The van der Waals surface area contributed by atoms with Crippen molar-refractivity contribution >= 4 is 0 Å². The van der Waals surface area contributed by atoms with Gasteiger partial charge in [-0.2, -0.15) is 0 Å². The third-order valence-corrected chi connectivity index (χ3v) is 3.97. The maximum Gasteiger partial charge on any atom is 0.331 e. The zero-order valence-electron chi connectivity index (χ0n) is 10.9. The highest BCUT2D eigenvalue weighted by Crippen LogP contribution is 2.29. The molecule has 1 aliphatic carbocycles. The van der Waals surface area contributed by atoms with Crippen molar-refractivity contribution in [3.8, 4) is 5.88 Å². The van der Waals surface area contributed by atoms with Crippen LogP contribution in [0.5, 0.6) is 5.88 Å². The standard InChI is InChI=1S/C13H20N2O3/c1-8-3-5-10(6-4-8)7-15-12(17)9(2)11(16)14-13(15)18/h8,10,17H,3-7H2,1-2H3,(H,14,16,18). The van der Waals surface area contributed by atoms with Crippen LogP contribution in [-0.2, 0) is 6.54 Å². The summed E-state index contributed by atoms with van der Waals surface area (Å²) in [7, 11) is 0. The van der Waals surface area contributed by atoms with Crippen molar-refractivity contribution in [3.63, 3.8) is 0 Å². The zero-order valence-corrected chi connectivity index (χ0v) is 10.9. The maximum absolute atomic E-state index is 11.7. The molecule has 0 aliphatic heterocycles. The third-order valence-electron chi connectivity index (χ3n) is 3.97. The van der Waals surface area contributed by atoms with Crippen LogP contribution in [-0.4, -0.2) is 14.7 Å². The fourth-order valence-electron chi connectivity index (χ4n) is 2.60. The molecule has 18 heavy (non-hydrogen) atoms. The van der Waals surface area contributed by atoms with Crippen LogP contribution >= 0.6 is 0 Å². The van der Waals surface area contributed by atoms with Crippen molar-refractivity contribution in [1.82, 2.24) is 9.55 Å². The Morgan fingerprint density at radius 2 is 1.89 bits per heavy atom. The number of aromatic amines is 1.